The first-order valence-corrected chi connectivity index (χ1v) is 15.3. The van der Waals surface area contributed by atoms with Crippen LogP contribution in [0.3, 0.4) is 0 Å². The van der Waals surface area contributed by atoms with Gasteiger partial charge in [0.2, 0.25) is 0 Å². The van der Waals surface area contributed by atoms with Crippen molar-refractivity contribution in [1.82, 2.24) is 10.2 Å². The topological polar surface area (TPSA) is 127 Å². The quantitative estimate of drug-likeness (QED) is 0.125. The molecule has 9 nitrogen and oxygen atoms in total. The first kappa shape index (κ1) is 38.4. The zero-order valence-corrected chi connectivity index (χ0v) is 26.6. The van der Waals surface area contributed by atoms with Gasteiger partial charge in [-0.15, -0.1) is 23.4 Å². The van der Waals surface area contributed by atoms with Crippen LogP contribution in [-0.4, -0.2) is 54.5 Å². The largest absolute Gasteiger partial charge is 0.573 e. The Hall–Kier alpha value is -3.59. The Morgan fingerprint density at radius 2 is 1.84 bits per heavy atom. The fraction of sp³-hybridized carbons (Fsp3) is 0.625. The molecule has 0 aliphatic heterocycles. The van der Waals surface area contributed by atoms with Gasteiger partial charge in [0, 0.05) is 43.9 Å². The molecule has 0 amide bonds. The Morgan fingerprint density at radius 1 is 1.09 bits per heavy atom. The second-order valence-electron chi connectivity index (χ2n) is 10.2. The number of nitrogens with one attached hydrogen (secondary N) is 1. The number of rotatable bonds is 18. The van der Waals surface area contributed by atoms with E-state index in [4.69, 9.17) is 4.74 Å². The predicted molar refractivity (Wildman–Crippen MR) is 163 cm³/mol. The van der Waals surface area contributed by atoms with E-state index in [1.54, 1.807) is 7.11 Å². The van der Waals surface area contributed by atoms with E-state index in [9.17, 15) is 28.3 Å². The number of phenols is 1. The van der Waals surface area contributed by atoms with Crippen LogP contribution in [0.4, 0.5) is 19.0 Å². The van der Waals surface area contributed by atoms with E-state index in [2.05, 4.69) is 44.9 Å². The Kier molecular flexibility index (Phi) is 18.5. The van der Waals surface area contributed by atoms with E-state index in [-0.39, 0.29) is 17.2 Å². The van der Waals surface area contributed by atoms with Crippen LogP contribution in [-0.2, 0) is 20.7 Å². The highest BCUT2D eigenvalue weighted by Crippen LogP contribution is 2.37. The van der Waals surface area contributed by atoms with Crippen molar-refractivity contribution in [2.45, 2.75) is 98.3 Å². The maximum absolute atomic E-state index is 12.6. The lowest BCUT2D eigenvalue weighted by Gasteiger charge is -2.18. The molecular weight excluding hydrogens is 577 g/mol. The lowest BCUT2D eigenvalue weighted by molar-refractivity contribution is -0.274. The molecule has 0 saturated heterocycles. The summed E-state index contributed by atoms with van der Waals surface area (Å²) in [6.07, 6.45) is 4.35. The number of phenolic OH excluding ortho intramolecular Hbond substituents is 1. The molecule has 0 radical (unpaired) electrons. The van der Waals surface area contributed by atoms with E-state index in [1.165, 1.54) is 25.3 Å². The van der Waals surface area contributed by atoms with Crippen molar-refractivity contribution in [3.8, 4) is 28.8 Å². The van der Waals surface area contributed by atoms with Crippen LogP contribution in [0, 0.1) is 17.2 Å². The minimum atomic E-state index is -4.88. The van der Waals surface area contributed by atoms with Gasteiger partial charge < -0.3 is 24.6 Å². The highest BCUT2D eigenvalue weighted by atomic mass is 19.4. The van der Waals surface area contributed by atoms with Crippen molar-refractivity contribution < 1.29 is 37.3 Å². The van der Waals surface area contributed by atoms with Crippen LogP contribution in [0.15, 0.2) is 18.2 Å². The first-order chi connectivity index (χ1) is 21.0. The fourth-order valence-corrected chi connectivity index (χ4v) is 4.47. The Balaban J connectivity index is 0.00000106. The monoisotopic (exact) mass is 624 g/mol. The number of unbranched alkanes of at least 4 members (excludes halogenated alkanes) is 3. The number of esters is 1. The molecule has 44 heavy (non-hydrogen) atoms. The maximum atomic E-state index is 12.6. The minimum absolute atomic E-state index is 0.0880. The standard InChI is InChI=1S/C26H35F3N4O3.C6H12O2/c1-4-6-7-8-10-18(5-2)17-31-25-22(16-30)20(11-9-14-35-3)24(32-33-25)21-13-12-19(15-23(21)34)36-26(27,28)29;1-3-5-6(7)8-4-2/h12-13,15,18,34H,4-11,14,17H2,1-3H3,(H,31,33);3-5H2,1-2H3. The van der Waals surface area contributed by atoms with Gasteiger partial charge >= 0.3 is 12.3 Å². The van der Waals surface area contributed by atoms with E-state index in [0.717, 1.165) is 37.8 Å². The van der Waals surface area contributed by atoms with E-state index < -0.39 is 17.9 Å². The molecule has 1 aromatic heterocycles. The third kappa shape index (κ3) is 14.3. The summed E-state index contributed by atoms with van der Waals surface area (Å²) in [5.41, 5.74) is 1.24. The number of nitriles is 1. The van der Waals surface area contributed by atoms with Gasteiger partial charge in [0.1, 0.15) is 28.8 Å². The molecule has 1 heterocycles. The number of halogens is 3. The lowest BCUT2D eigenvalue weighted by atomic mass is 9.96. The van der Waals surface area contributed by atoms with E-state index >= 15 is 0 Å². The molecule has 0 bridgehead atoms. The number of aromatic hydroxyl groups is 1. The summed E-state index contributed by atoms with van der Waals surface area (Å²) in [5, 5.41) is 32.2. The molecule has 246 valence electrons. The summed E-state index contributed by atoms with van der Waals surface area (Å²) in [4.78, 5) is 10.4. The SMILES string of the molecule is CCCC(=O)OCC.CCCCCCC(CC)CNc1nnc(-c2ccc(OC(F)(F)F)cc2O)c(CCCOC)c1C#N. The lowest BCUT2D eigenvalue weighted by Crippen LogP contribution is -2.17. The summed E-state index contributed by atoms with van der Waals surface area (Å²) in [7, 11) is 1.57. The van der Waals surface area contributed by atoms with Crippen LogP contribution in [0.25, 0.3) is 11.3 Å². The first-order valence-electron chi connectivity index (χ1n) is 15.3. The number of methoxy groups -OCH3 is 1. The van der Waals surface area contributed by atoms with Crippen molar-refractivity contribution in [3.63, 3.8) is 0 Å². The molecule has 0 saturated carbocycles. The Labute approximate surface area is 259 Å². The van der Waals surface area contributed by atoms with Gasteiger partial charge in [0.25, 0.3) is 0 Å². The maximum Gasteiger partial charge on any atom is 0.573 e. The van der Waals surface area contributed by atoms with Crippen LogP contribution in [0.5, 0.6) is 11.5 Å². The van der Waals surface area contributed by atoms with Gasteiger partial charge in [-0.3, -0.25) is 4.79 Å². The smallest absolute Gasteiger partial charge is 0.507 e. The second kappa shape index (κ2) is 21.2. The molecule has 0 aliphatic rings. The molecule has 12 heteroatoms. The number of anilines is 1. The number of aromatic nitrogens is 2. The van der Waals surface area contributed by atoms with E-state index in [1.807, 2.05) is 13.8 Å². The minimum Gasteiger partial charge on any atom is -0.507 e. The highest BCUT2D eigenvalue weighted by Gasteiger charge is 2.31. The van der Waals surface area contributed by atoms with Crippen LogP contribution in [0.1, 0.15) is 96.6 Å². The number of nitrogens with zero attached hydrogens (tertiary/aromatic N) is 3. The molecule has 1 unspecified atom stereocenters. The molecule has 2 N–H and O–H groups in total. The van der Waals surface area contributed by atoms with Crippen LogP contribution in [0.2, 0.25) is 0 Å². The number of carbonyl (C=O) groups excluding carboxylic acids is 1. The third-order valence-electron chi connectivity index (χ3n) is 6.78. The predicted octanol–water partition coefficient (Wildman–Crippen LogP) is 7.96. The van der Waals surface area contributed by atoms with Crippen molar-refractivity contribution in [3.05, 3.63) is 29.3 Å². The van der Waals surface area contributed by atoms with Gasteiger partial charge in [0.15, 0.2) is 5.82 Å². The van der Waals surface area contributed by atoms with Crippen molar-refractivity contribution in [1.29, 1.82) is 5.26 Å². The summed E-state index contributed by atoms with van der Waals surface area (Å²) in [6, 6.07) is 5.44. The Morgan fingerprint density at radius 3 is 2.41 bits per heavy atom. The molecule has 2 aromatic rings. The molecule has 2 rings (SSSR count). The number of hydrogen-bond donors (Lipinski definition) is 2. The van der Waals surface area contributed by atoms with Crippen molar-refractivity contribution in [2.75, 3.05) is 32.2 Å². The average Bonchev–Trinajstić information content (AvgIpc) is 2.97. The molecule has 0 fully saturated rings. The molecule has 0 aliphatic carbocycles. The van der Waals surface area contributed by atoms with Gasteiger partial charge in [0.05, 0.1) is 6.61 Å². The van der Waals surface area contributed by atoms with Crippen molar-refractivity contribution >= 4 is 11.8 Å². The Bertz CT molecular complexity index is 1160. The summed E-state index contributed by atoms with van der Waals surface area (Å²) < 4.78 is 51.3. The number of hydrogen-bond acceptors (Lipinski definition) is 9. The van der Waals surface area contributed by atoms with E-state index in [0.29, 0.717) is 61.9 Å². The van der Waals surface area contributed by atoms with Gasteiger partial charge in [-0.25, -0.2) is 0 Å². The van der Waals surface area contributed by atoms with Gasteiger partial charge in [-0.1, -0.05) is 52.9 Å². The zero-order chi connectivity index (χ0) is 33.0. The highest BCUT2D eigenvalue weighted by molar-refractivity contribution is 5.74. The van der Waals surface area contributed by atoms with Gasteiger partial charge in [-0.05, 0) is 50.7 Å². The summed E-state index contributed by atoms with van der Waals surface area (Å²) >= 11 is 0. The third-order valence-corrected chi connectivity index (χ3v) is 6.78. The van der Waals surface area contributed by atoms with Gasteiger partial charge in [-0.2, -0.15) is 5.26 Å². The zero-order valence-electron chi connectivity index (χ0n) is 26.6. The molecule has 0 spiro atoms. The average molecular weight is 625 g/mol. The molecule has 1 atom stereocenters. The van der Waals surface area contributed by atoms with Crippen LogP contribution >= 0.6 is 0 Å². The number of alkyl halides is 3. The van der Waals surface area contributed by atoms with Crippen LogP contribution < -0.4 is 10.1 Å². The number of benzene rings is 1. The van der Waals surface area contributed by atoms with Crippen molar-refractivity contribution in [2.24, 2.45) is 5.92 Å². The second-order valence-corrected chi connectivity index (χ2v) is 10.2. The number of carbonyl (C=O) groups is 1. The molecular formula is C32H47F3N4O5. The summed E-state index contributed by atoms with van der Waals surface area (Å²) in [6.45, 7) is 9.67. The number of ether oxygens (including phenoxy) is 3. The fourth-order valence-electron chi connectivity index (χ4n) is 4.47. The normalized spacial score (nSPS) is 11.6. The summed E-state index contributed by atoms with van der Waals surface area (Å²) in [5.74, 6) is -0.313. The molecule has 1 aromatic carbocycles.